The summed E-state index contributed by atoms with van der Waals surface area (Å²) in [7, 11) is 0. The average Bonchev–Trinajstić information content (AvgIpc) is 3.01. The summed E-state index contributed by atoms with van der Waals surface area (Å²) in [5.74, 6) is 0.408. The maximum atomic E-state index is 11.4. The minimum absolute atomic E-state index is 0.0131. The molecule has 7 nitrogen and oxygen atoms in total. The second-order valence-corrected chi connectivity index (χ2v) is 5.94. The second kappa shape index (κ2) is 4.54. The molecular formula is C14H9N5O2S. The molecule has 0 aliphatic carbocycles. The van der Waals surface area contributed by atoms with Crippen molar-refractivity contribution in [2.45, 2.75) is 6.92 Å². The van der Waals surface area contributed by atoms with Crippen molar-refractivity contribution in [1.82, 2.24) is 14.6 Å². The Hall–Kier alpha value is -2.92. The number of aromatic nitrogens is 3. The van der Waals surface area contributed by atoms with Gasteiger partial charge in [0.15, 0.2) is 12.3 Å². The molecule has 0 fully saturated rings. The van der Waals surface area contributed by atoms with Crippen molar-refractivity contribution in [3.05, 3.63) is 28.9 Å². The van der Waals surface area contributed by atoms with Crippen molar-refractivity contribution < 1.29 is 9.53 Å². The number of imidazole rings is 1. The number of hydrogen-bond donors (Lipinski definition) is 1. The van der Waals surface area contributed by atoms with Crippen LogP contribution < -0.4 is 10.1 Å². The fraction of sp³-hybridized carbons (Fsp3) is 0.143. The molecule has 0 radical (unpaired) electrons. The van der Waals surface area contributed by atoms with E-state index in [0.717, 1.165) is 10.6 Å². The van der Waals surface area contributed by atoms with Gasteiger partial charge in [-0.15, -0.1) is 0 Å². The molecule has 0 unspecified atom stereocenters. The first-order valence-corrected chi connectivity index (χ1v) is 7.30. The maximum Gasteiger partial charge on any atom is 0.262 e. The van der Waals surface area contributed by atoms with Gasteiger partial charge in [-0.2, -0.15) is 14.9 Å². The molecule has 1 amide bonds. The number of nitrogens with zero attached hydrogens (tertiary/aromatic N) is 4. The first kappa shape index (κ1) is 12.8. The number of hydrogen-bond acceptors (Lipinski definition) is 6. The molecule has 0 bridgehead atoms. The Balaban J connectivity index is 1.89. The fourth-order valence-electron chi connectivity index (χ4n) is 2.38. The molecule has 0 spiro atoms. The minimum Gasteiger partial charge on any atom is -0.482 e. The van der Waals surface area contributed by atoms with Gasteiger partial charge in [0.1, 0.15) is 22.5 Å². The van der Waals surface area contributed by atoms with Crippen LogP contribution in [-0.2, 0) is 4.79 Å². The lowest BCUT2D eigenvalue weighted by Gasteiger charge is -2.18. The number of benzene rings is 1. The number of aryl methyl sites for hydroxylation is 1. The Labute approximate surface area is 128 Å². The predicted molar refractivity (Wildman–Crippen MR) is 79.9 cm³/mol. The fourth-order valence-corrected chi connectivity index (χ4v) is 3.12. The largest absolute Gasteiger partial charge is 0.482 e. The smallest absolute Gasteiger partial charge is 0.262 e. The van der Waals surface area contributed by atoms with Crippen LogP contribution in [0, 0.1) is 18.3 Å². The standard InChI is InChI=1S/C14H9N5O2S/c1-7-18-19-10(5-15)13(17-14(19)22-7)8-2-3-11-9(4-8)16-12(20)6-21-11/h2-4H,6H2,1H3,(H,16,20). The van der Waals surface area contributed by atoms with Crippen LogP contribution in [-0.4, -0.2) is 27.1 Å². The lowest BCUT2D eigenvalue weighted by Crippen LogP contribution is -2.25. The number of carbonyl (C=O) groups excluding carboxylic acids is 1. The van der Waals surface area contributed by atoms with E-state index in [-0.39, 0.29) is 12.5 Å². The zero-order valence-corrected chi connectivity index (χ0v) is 12.3. The van der Waals surface area contributed by atoms with Gasteiger partial charge in [0.2, 0.25) is 4.96 Å². The van der Waals surface area contributed by atoms with Gasteiger partial charge in [-0.25, -0.2) is 4.98 Å². The Morgan fingerprint density at radius 3 is 3.18 bits per heavy atom. The van der Waals surface area contributed by atoms with Crippen molar-refractivity contribution in [2.24, 2.45) is 0 Å². The average molecular weight is 311 g/mol. The molecule has 22 heavy (non-hydrogen) atoms. The summed E-state index contributed by atoms with van der Waals surface area (Å²) in [4.78, 5) is 16.6. The summed E-state index contributed by atoms with van der Waals surface area (Å²) in [6.07, 6.45) is 0. The molecule has 108 valence electrons. The van der Waals surface area contributed by atoms with Crippen LogP contribution in [0.1, 0.15) is 10.7 Å². The number of rotatable bonds is 1. The van der Waals surface area contributed by atoms with Crippen molar-refractivity contribution in [1.29, 1.82) is 5.26 Å². The van der Waals surface area contributed by atoms with E-state index in [0.29, 0.717) is 27.8 Å². The monoisotopic (exact) mass is 311 g/mol. The lowest BCUT2D eigenvalue weighted by molar-refractivity contribution is -0.118. The van der Waals surface area contributed by atoms with Crippen molar-refractivity contribution in [2.75, 3.05) is 11.9 Å². The van der Waals surface area contributed by atoms with Crippen molar-refractivity contribution in [3.63, 3.8) is 0 Å². The molecular weight excluding hydrogens is 302 g/mol. The van der Waals surface area contributed by atoms with E-state index < -0.39 is 0 Å². The summed E-state index contributed by atoms with van der Waals surface area (Å²) in [6.45, 7) is 1.88. The van der Waals surface area contributed by atoms with Gasteiger partial charge in [-0.1, -0.05) is 11.3 Å². The minimum atomic E-state index is -0.201. The molecule has 1 N–H and O–H groups in total. The van der Waals surface area contributed by atoms with Gasteiger partial charge in [0.05, 0.1) is 5.69 Å². The van der Waals surface area contributed by atoms with E-state index in [1.54, 1.807) is 16.6 Å². The highest BCUT2D eigenvalue weighted by atomic mass is 32.1. The van der Waals surface area contributed by atoms with Crippen LogP contribution >= 0.6 is 11.3 Å². The van der Waals surface area contributed by atoms with E-state index in [9.17, 15) is 10.1 Å². The first-order chi connectivity index (χ1) is 10.7. The topological polar surface area (TPSA) is 92.3 Å². The molecule has 3 aromatic rings. The first-order valence-electron chi connectivity index (χ1n) is 6.49. The SMILES string of the molecule is Cc1nn2c(C#N)c(-c3ccc4c(c3)NC(=O)CO4)nc2s1. The number of anilines is 1. The zero-order chi connectivity index (χ0) is 15.3. The van der Waals surface area contributed by atoms with Gasteiger partial charge in [0.25, 0.3) is 5.91 Å². The third-order valence-electron chi connectivity index (χ3n) is 3.30. The van der Waals surface area contributed by atoms with Crippen molar-refractivity contribution >= 4 is 27.9 Å². The molecule has 1 aliphatic heterocycles. The Bertz CT molecular complexity index is 966. The highest BCUT2D eigenvalue weighted by molar-refractivity contribution is 7.16. The van der Waals surface area contributed by atoms with Gasteiger partial charge >= 0.3 is 0 Å². The number of nitrogens with one attached hydrogen (secondary N) is 1. The Morgan fingerprint density at radius 1 is 1.50 bits per heavy atom. The van der Waals surface area contributed by atoms with Gasteiger partial charge < -0.3 is 10.1 Å². The molecule has 0 atom stereocenters. The summed E-state index contributed by atoms with van der Waals surface area (Å²) < 4.78 is 6.88. The zero-order valence-electron chi connectivity index (χ0n) is 11.5. The highest BCUT2D eigenvalue weighted by Gasteiger charge is 2.20. The molecule has 1 aliphatic rings. The molecule has 4 rings (SSSR count). The van der Waals surface area contributed by atoms with E-state index >= 15 is 0 Å². The third kappa shape index (κ3) is 1.83. The summed E-state index contributed by atoms with van der Waals surface area (Å²) >= 11 is 1.42. The molecule has 8 heteroatoms. The predicted octanol–water partition coefficient (Wildman–Crippen LogP) is 1.97. The molecule has 3 heterocycles. The van der Waals surface area contributed by atoms with E-state index in [4.69, 9.17) is 4.74 Å². The molecule has 0 saturated carbocycles. The van der Waals surface area contributed by atoms with Crippen molar-refractivity contribution in [3.8, 4) is 23.1 Å². The van der Waals surface area contributed by atoms with Crippen LogP contribution in [0.2, 0.25) is 0 Å². The van der Waals surface area contributed by atoms with Crippen LogP contribution in [0.4, 0.5) is 5.69 Å². The number of fused-ring (bicyclic) bond motifs is 2. The molecule has 1 aromatic carbocycles. The maximum absolute atomic E-state index is 11.4. The van der Waals surface area contributed by atoms with Gasteiger partial charge in [-0.3, -0.25) is 4.79 Å². The summed E-state index contributed by atoms with van der Waals surface area (Å²) in [6, 6.07) is 7.48. The normalized spacial score (nSPS) is 13.4. The van der Waals surface area contributed by atoms with E-state index in [1.165, 1.54) is 11.3 Å². The molecule has 0 saturated heterocycles. The number of carbonyl (C=O) groups is 1. The van der Waals surface area contributed by atoms with Gasteiger partial charge in [-0.05, 0) is 25.1 Å². The van der Waals surface area contributed by atoms with E-state index in [1.807, 2.05) is 13.0 Å². The Kier molecular flexibility index (Phi) is 2.64. The Morgan fingerprint density at radius 2 is 2.36 bits per heavy atom. The van der Waals surface area contributed by atoms with Crippen LogP contribution in [0.15, 0.2) is 18.2 Å². The van der Waals surface area contributed by atoms with Crippen LogP contribution in [0.25, 0.3) is 16.2 Å². The van der Waals surface area contributed by atoms with E-state index in [2.05, 4.69) is 21.5 Å². The van der Waals surface area contributed by atoms with Gasteiger partial charge in [0, 0.05) is 5.56 Å². The third-order valence-corrected chi connectivity index (χ3v) is 4.12. The molecule has 2 aromatic heterocycles. The quantitative estimate of drug-likeness (QED) is 0.741. The van der Waals surface area contributed by atoms with Crippen LogP contribution in [0.3, 0.4) is 0 Å². The number of ether oxygens (including phenoxy) is 1. The summed E-state index contributed by atoms with van der Waals surface area (Å²) in [5.41, 5.74) is 2.24. The lowest BCUT2D eigenvalue weighted by atomic mass is 10.1. The summed E-state index contributed by atoms with van der Waals surface area (Å²) in [5, 5.41) is 17.3. The number of amides is 1. The number of nitriles is 1. The second-order valence-electron chi connectivity index (χ2n) is 4.78. The highest BCUT2D eigenvalue weighted by Crippen LogP contribution is 2.34. The van der Waals surface area contributed by atoms with Crippen LogP contribution in [0.5, 0.6) is 5.75 Å².